The summed E-state index contributed by atoms with van der Waals surface area (Å²) in [5, 5.41) is 18.3. The van der Waals surface area contributed by atoms with E-state index in [0.29, 0.717) is 5.69 Å². The van der Waals surface area contributed by atoms with Gasteiger partial charge in [-0.15, -0.1) is 0 Å². The van der Waals surface area contributed by atoms with Gasteiger partial charge in [0.2, 0.25) is 0 Å². The SMILES string of the molecule is OCc1c(-n2cccc2CO)ccn1S. The van der Waals surface area contributed by atoms with E-state index in [4.69, 9.17) is 5.11 Å². The number of nitrogens with zero attached hydrogens (tertiary/aromatic N) is 2. The lowest BCUT2D eigenvalue weighted by atomic mass is 10.3. The van der Waals surface area contributed by atoms with Crippen molar-refractivity contribution in [2.75, 3.05) is 0 Å². The fourth-order valence-electron chi connectivity index (χ4n) is 1.60. The van der Waals surface area contributed by atoms with Gasteiger partial charge in [-0.1, -0.05) is 12.8 Å². The molecule has 4 nitrogen and oxygen atoms in total. The van der Waals surface area contributed by atoms with Crippen molar-refractivity contribution in [1.29, 1.82) is 0 Å². The van der Waals surface area contributed by atoms with Gasteiger partial charge >= 0.3 is 0 Å². The van der Waals surface area contributed by atoms with Crippen LogP contribution in [0.1, 0.15) is 11.4 Å². The molecule has 0 aliphatic rings. The van der Waals surface area contributed by atoms with Gasteiger partial charge in [-0.3, -0.25) is 3.97 Å². The van der Waals surface area contributed by atoms with Crippen molar-refractivity contribution in [3.63, 3.8) is 0 Å². The first-order chi connectivity index (χ1) is 7.27. The van der Waals surface area contributed by atoms with Crippen LogP contribution in [0.2, 0.25) is 0 Å². The average molecular weight is 224 g/mol. The van der Waals surface area contributed by atoms with Gasteiger partial charge in [-0.25, -0.2) is 0 Å². The molecular formula is C10H12N2O2S. The van der Waals surface area contributed by atoms with Crippen molar-refractivity contribution in [2.45, 2.75) is 13.2 Å². The first-order valence-electron chi connectivity index (χ1n) is 4.55. The largest absolute Gasteiger partial charge is 0.390 e. The van der Waals surface area contributed by atoms with Gasteiger partial charge in [0.1, 0.15) is 0 Å². The Kier molecular flexibility index (Phi) is 2.86. The molecule has 0 saturated heterocycles. The molecule has 0 aromatic carbocycles. The predicted molar refractivity (Wildman–Crippen MR) is 60.0 cm³/mol. The molecule has 0 spiro atoms. The average Bonchev–Trinajstić information content (AvgIpc) is 2.82. The molecule has 2 rings (SSSR count). The Labute approximate surface area is 92.9 Å². The van der Waals surface area contributed by atoms with Crippen molar-refractivity contribution >= 4 is 12.8 Å². The molecule has 0 atom stereocenters. The van der Waals surface area contributed by atoms with E-state index in [1.54, 1.807) is 10.2 Å². The Bertz CT molecular complexity index is 462. The first kappa shape index (κ1) is 10.4. The van der Waals surface area contributed by atoms with Crippen molar-refractivity contribution in [1.82, 2.24) is 8.54 Å². The smallest absolute Gasteiger partial charge is 0.0863 e. The van der Waals surface area contributed by atoms with E-state index in [-0.39, 0.29) is 13.2 Å². The molecule has 2 aromatic rings. The summed E-state index contributed by atoms with van der Waals surface area (Å²) in [6.07, 6.45) is 3.60. The fraction of sp³-hybridized carbons (Fsp3) is 0.200. The van der Waals surface area contributed by atoms with Crippen molar-refractivity contribution in [2.24, 2.45) is 0 Å². The number of aliphatic hydroxyl groups excluding tert-OH is 2. The van der Waals surface area contributed by atoms with Crippen LogP contribution in [-0.2, 0) is 13.2 Å². The molecule has 0 aliphatic carbocycles. The van der Waals surface area contributed by atoms with Gasteiger partial charge in [0, 0.05) is 18.1 Å². The molecular weight excluding hydrogens is 212 g/mol. The molecule has 15 heavy (non-hydrogen) atoms. The number of aliphatic hydroxyl groups is 2. The maximum atomic E-state index is 9.21. The zero-order valence-corrected chi connectivity index (χ0v) is 8.93. The highest BCUT2D eigenvalue weighted by Gasteiger charge is 2.10. The van der Waals surface area contributed by atoms with Crippen molar-refractivity contribution in [3.05, 3.63) is 42.0 Å². The Hall–Kier alpha value is -1.17. The van der Waals surface area contributed by atoms with E-state index in [1.165, 1.54) is 0 Å². The monoisotopic (exact) mass is 224 g/mol. The summed E-state index contributed by atoms with van der Waals surface area (Å²) in [4.78, 5) is 0. The van der Waals surface area contributed by atoms with E-state index in [9.17, 15) is 5.11 Å². The van der Waals surface area contributed by atoms with Gasteiger partial charge in [-0.2, -0.15) is 0 Å². The minimum atomic E-state index is -0.0884. The van der Waals surface area contributed by atoms with E-state index in [2.05, 4.69) is 12.8 Å². The molecule has 0 unspecified atom stereocenters. The standard InChI is InChI=1S/C10H12N2O2S/c13-6-8-2-1-4-11(8)9-3-5-12(15)10(9)7-14/h1-5,13-15H,6-7H2. The lowest BCUT2D eigenvalue weighted by Crippen LogP contribution is -2.02. The van der Waals surface area contributed by atoms with Crippen LogP contribution in [0.5, 0.6) is 0 Å². The number of thiol groups is 1. The minimum Gasteiger partial charge on any atom is -0.390 e. The fourth-order valence-corrected chi connectivity index (χ4v) is 1.83. The molecule has 80 valence electrons. The topological polar surface area (TPSA) is 50.3 Å². The van der Waals surface area contributed by atoms with Crippen LogP contribution in [-0.4, -0.2) is 18.8 Å². The highest BCUT2D eigenvalue weighted by molar-refractivity contribution is 7.78. The van der Waals surface area contributed by atoms with Crippen LogP contribution >= 0.6 is 12.8 Å². The number of hydrogen-bond acceptors (Lipinski definition) is 3. The molecule has 2 aromatic heterocycles. The summed E-state index contributed by atoms with van der Waals surface area (Å²) in [5.41, 5.74) is 2.31. The minimum absolute atomic E-state index is 0.0321. The van der Waals surface area contributed by atoms with Crippen LogP contribution < -0.4 is 0 Å². The molecule has 0 radical (unpaired) electrons. The lowest BCUT2D eigenvalue weighted by molar-refractivity contribution is 0.271. The highest BCUT2D eigenvalue weighted by atomic mass is 32.1. The number of aromatic nitrogens is 2. The third-order valence-corrected chi connectivity index (χ3v) is 2.73. The Morgan fingerprint density at radius 2 is 1.93 bits per heavy atom. The van der Waals surface area contributed by atoms with E-state index >= 15 is 0 Å². The zero-order chi connectivity index (χ0) is 10.8. The summed E-state index contributed by atoms with van der Waals surface area (Å²) in [6.45, 7) is -0.121. The first-order valence-corrected chi connectivity index (χ1v) is 4.95. The molecule has 0 aliphatic heterocycles. The summed E-state index contributed by atoms with van der Waals surface area (Å²) < 4.78 is 3.40. The third kappa shape index (κ3) is 1.69. The maximum Gasteiger partial charge on any atom is 0.0863 e. The Morgan fingerprint density at radius 3 is 2.60 bits per heavy atom. The normalized spacial score (nSPS) is 10.9. The molecule has 2 N–H and O–H groups in total. The van der Waals surface area contributed by atoms with Crippen molar-refractivity contribution in [3.8, 4) is 5.69 Å². The zero-order valence-electron chi connectivity index (χ0n) is 8.04. The van der Waals surface area contributed by atoms with Gasteiger partial charge < -0.3 is 14.8 Å². The van der Waals surface area contributed by atoms with Gasteiger partial charge in [0.05, 0.1) is 24.6 Å². The predicted octanol–water partition coefficient (Wildman–Crippen LogP) is 0.956. The summed E-state index contributed by atoms with van der Waals surface area (Å²) >= 11 is 4.17. The van der Waals surface area contributed by atoms with Gasteiger partial charge in [0.15, 0.2) is 0 Å². The second-order valence-electron chi connectivity index (χ2n) is 3.18. The number of rotatable bonds is 3. The number of hydrogen-bond donors (Lipinski definition) is 3. The summed E-state index contributed by atoms with van der Waals surface area (Å²) in [7, 11) is 0. The van der Waals surface area contributed by atoms with Crippen LogP contribution in [0.4, 0.5) is 0 Å². The second-order valence-corrected chi connectivity index (χ2v) is 3.61. The Morgan fingerprint density at radius 1 is 1.13 bits per heavy atom. The van der Waals surface area contributed by atoms with Gasteiger partial charge in [-0.05, 0) is 18.2 Å². The lowest BCUT2D eigenvalue weighted by Gasteiger charge is -2.08. The Balaban J connectivity index is 2.53. The van der Waals surface area contributed by atoms with Crippen LogP contribution in [0, 0.1) is 0 Å². The molecule has 0 saturated carbocycles. The molecule has 0 bridgehead atoms. The highest BCUT2D eigenvalue weighted by Crippen LogP contribution is 2.20. The van der Waals surface area contributed by atoms with Crippen LogP contribution in [0.3, 0.4) is 0 Å². The molecule has 2 heterocycles. The molecule has 0 amide bonds. The summed E-state index contributed by atoms with van der Waals surface area (Å²) in [6, 6.07) is 5.53. The maximum absolute atomic E-state index is 9.21. The quantitative estimate of drug-likeness (QED) is 0.680. The van der Waals surface area contributed by atoms with Crippen LogP contribution in [0.15, 0.2) is 30.6 Å². The third-order valence-electron chi connectivity index (χ3n) is 2.35. The van der Waals surface area contributed by atoms with Crippen molar-refractivity contribution < 1.29 is 10.2 Å². The van der Waals surface area contributed by atoms with E-state index in [1.807, 2.05) is 29.0 Å². The summed E-state index contributed by atoms with van der Waals surface area (Å²) in [5.74, 6) is 0. The molecule has 0 fully saturated rings. The van der Waals surface area contributed by atoms with Crippen LogP contribution in [0.25, 0.3) is 5.69 Å². The van der Waals surface area contributed by atoms with E-state index in [0.717, 1.165) is 11.4 Å². The second kappa shape index (κ2) is 4.14. The molecule has 5 heteroatoms. The van der Waals surface area contributed by atoms with E-state index < -0.39 is 0 Å². The van der Waals surface area contributed by atoms with Gasteiger partial charge in [0.25, 0.3) is 0 Å².